The van der Waals surface area contributed by atoms with Gasteiger partial charge in [0.2, 0.25) is 5.91 Å². The van der Waals surface area contributed by atoms with Crippen LogP contribution in [-0.4, -0.2) is 51.5 Å². The van der Waals surface area contributed by atoms with E-state index in [1.54, 1.807) is 12.0 Å². The molecule has 0 saturated carbocycles. The number of ether oxygens (including phenoxy) is 1. The zero-order valence-corrected chi connectivity index (χ0v) is 16.9. The molecule has 2 heterocycles. The van der Waals surface area contributed by atoms with Crippen LogP contribution in [-0.2, 0) is 4.79 Å². The number of carbonyl (C=O) groups excluding carboxylic acids is 1. The van der Waals surface area contributed by atoms with Gasteiger partial charge in [-0.15, -0.1) is 10.2 Å². The van der Waals surface area contributed by atoms with Crippen molar-refractivity contribution in [1.29, 1.82) is 0 Å². The number of amides is 1. The second kappa shape index (κ2) is 7.67. The summed E-state index contributed by atoms with van der Waals surface area (Å²) >= 11 is 1.49. The van der Waals surface area contributed by atoms with Crippen molar-refractivity contribution < 1.29 is 9.53 Å². The maximum Gasteiger partial charge on any atom is 0.235 e. The Balaban J connectivity index is 1.76. The van der Waals surface area contributed by atoms with Crippen LogP contribution in [0.15, 0.2) is 53.7 Å². The van der Waals surface area contributed by atoms with Gasteiger partial charge >= 0.3 is 0 Å². The van der Waals surface area contributed by atoms with Crippen molar-refractivity contribution in [1.82, 2.24) is 19.7 Å². The third-order valence-corrected chi connectivity index (χ3v) is 6.10. The Kier molecular flexibility index (Phi) is 5.09. The summed E-state index contributed by atoms with van der Waals surface area (Å²) in [5.41, 5.74) is 3.10. The van der Waals surface area contributed by atoms with Crippen LogP contribution >= 0.6 is 11.8 Å². The number of aromatic nitrogens is 3. The number of nitrogens with zero attached hydrogens (tertiary/aromatic N) is 4. The van der Waals surface area contributed by atoms with Crippen LogP contribution in [0.1, 0.15) is 12.0 Å². The molecule has 0 spiro atoms. The maximum atomic E-state index is 12.4. The highest BCUT2D eigenvalue weighted by Gasteiger charge is 2.32. The molecular formula is C21H22N4O2S. The van der Waals surface area contributed by atoms with Gasteiger partial charge in [0.15, 0.2) is 11.0 Å². The van der Waals surface area contributed by atoms with Gasteiger partial charge < -0.3 is 9.64 Å². The first-order valence-corrected chi connectivity index (χ1v) is 10.0. The van der Waals surface area contributed by atoms with Crippen molar-refractivity contribution >= 4 is 17.7 Å². The minimum atomic E-state index is -0.123. The minimum Gasteiger partial charge on any atom is -0.497 e. The fraction of sp³-hybridized carbons (Fsp3) is 0.286. The van der Waals surface area contributed by atoms with E-state index in [0.29, 0.717) is 0 Å². The van der Waals surface area contributed by atoms with Crippen LogP contribution in [0.5, 0.6) is 5.75 Å². The van der Waals surface area contributed by atoms with E-state index in [1.807, 2.05) is 35.9 Å². The average molecular weight is 395 g/mol. The average Bonchev–Trinajstić information content (AvgIpc) is 3.27. The smallest absolute Gasteiger partial charge is 0.235 e. The van der Waals surface area contributed by atoms with Gasteiger partial charge in [-0.05, 0) is 49.7 Å². The third-order valence-electron chi connectivity index (χ3n) is 4.90. The van der Waals surface area contributed by atoms with Gasteiger partial charge in [-0.1, -0.05) is 29.5 Å². The van der Waals surface area contributed by atoms with Crippen molar-refractivity contribution in [2.45, 2.75) is 23.8 Å². The van der Waals surface area contributed by atoms with E-state index in [9.17, 15) is 4.79 Å². The molecule has 28 heavy (non-hydrogen) atoms. The van der Waals surface area contributed by atoms with Crippen molar-refractivity contribution in [2.75, 3.05) is 20.7 Å². The predicted molar refractivity (Wildman–Crippen MR) is 110 cm³/mol. The summed E-state index contributed by atoms with van der Waals surface area (Å²) in [5, 5.41) is 9.49. The Hall–Kier alpha value is -2.80. The first-order chi connectivity index (χ1) is 13.6. The molecule has 144 valence electrons. The molecule has 1 saturated heterocycles. The largest absolute Gasteiger partial charge is 0.497 e. The van der Waals surface area contributed by atoms with Crippen molar-refractivity contribution in [3.05, 3.63) is 54.1 Å². The number of thioether (sulfide) groups is 1. The van der Waals surface area contributed by atoms with Crippen LogP contribution in [0.4, 0.5) is 0 Å². The fourth-order valence-corrected chi connectivity index (χ4v) is 4.37. The van der Waals surface area contributed by atoms with Gasteiger partial charge in [-0.2, -0.15) is 0 Å². The molecule has 1 aliphatic heterocycles. The van der Waals surface area contributed by atoms with Crippen molar-refractivity contribution in [3.63, 3.8) is 0 Å². The summed E-state index contributed by atoms with van der Waals surface area (Å²) in [4.78, 5) is 14.2. The monoisotopic (exact) mass is 394 g/mol. The molecule has 0 radical (unpaired) electrons. The lowest BCUT2D eigenvalue weighted by Gasteiger charge is -2.13. The lowest BCUT2D eigenvalue weighted by atomic mass is 10.2. The van der Waals surface area contributed by atoms with E-state index in [4.69, 9.17) is 4.74 Å². The Bertz CT molecular complexity index is 983. The molecule has 3 aromatic rings. The van der Waals surface area contributed by atoms with Crippen LogP contribution < -0.4 is 4.74 Å². The van der Waals surface area contributed by atoms with Crippen LogP contribution in [0.2, 0.25) is 0 Å². The molecule has 1 amide bonds. The number of carbonyl (C=O) groups is 1. The Morgan fingerprint density at radius 1 is 1.07 bits per heavy atom. The summed E-state index contributed by atoms with van der Waals surface area (Å²) in [6.07, 6.45) is 0.818. The molecule has 1 unspecified atom stereocenters. The summed E-state index contributed by atoms with van der Waals surface area (Å²) < 4.78 is 7.29. The molecule has 0 aliphatic carbocycles. The summed E-state index contributed by atoms with van der Waals surface area (Å²) in [7, 11) is 3.49. The van der Waals surface area contributed by atoms with Crippen LogP contribution in [0.3, 0.4) is 0 Å². The topological polar surface area (TPSA) is 60.3 Å². The molecule has 1 aromatic heterocycles. The Morgan fingerprint density at radius 3 is 2.39 bits per heavy atom. The van der Waals surface area contributed by atoms with E-state index in [2.05, 4.69) is 41.4 Å². The van der Waals surface area contributed by atoms with E-state index in [-0.39, 0.29) is 11.2 Å². The first-order valence-electron chi connectivity index (χ1n) is 9.15. The molecule has 0 bridgehead atoms. The number of hydrogen-bond acceptors (Lipinski definition) is 5. The van der Waals surface area contributed by atoms with Crippen molar-refractivity contribution in [2.24, 2.45) is 0 Å². The van der Waals surface area contributed by atoms with E-state index in [1.165, 1.54) is 17.3 Å². The normalized spacial score (nSPS) is 16.6. The van der Waals surface area contributed by atoms with E-state index in [0.717, 1.165) is 40.9 Å². The molecule has 4 rings (SSSR count). The van der Waals surface area contributed by atoms with Gasteiger partial charge in [-0.25, -0.2) is 0 Å². The number of benzene rings is 2. The van der Waals surface area contributed by atoms with Crippen LogP contribution in [0, 0.1) is 6.92 Å². The summed E-state index contributed by atoms with van der Waals surface area (Å²) in [6.45, 7) is 2.84. The molecular weight excluding hydrogens is 372 g/mol. The zero-order valence-electron chi connectivity index (χ0n) is 16.1. The highest BCUT2D eigenvalue weighted by Crippen LogP contribution is 2.34. The lowest BCUT2D eigenvalue weighted by molar-refractivity contribution is -0.126. The van der Waals surface area contributed by atoms with Gasteiger partial charge in [-0.3, -0.25) is 9.36 Å². The van der Waals surface area contributed by atoms with Crippen molar-refractivity contribution in [3.8, 4) is 22.8 Å². The molecule has 1 aliphatic rings. The second-order valence-corrected chi connectivity index (χ2v) is 8.03. The summed E-state index contributed by atoms with van der Waals surface area (Å²) in [5.74, 6) is 1.68. The highest BCUT2D eigenvalue weighted by atomic mass is 32.2. The minimum absolute atomic E-state index is 0.123. The number of methoxy groups -OCH3 is 1. The number of aryl methyl sites for hydroxylation is 1. The molecule has 1 fully saturated rings. The number of rotatable bonds is 5. The van der Waals surface area contributed by atoms with Gasteiger partial charge in [0, 0.05) is 24.8 Å². The predicted octanol–water partition coefficient (Wildman–Crippen LogP) is 3.57. The van der Waals surface area contributed by atoms with E-state index < -0.39 is 0 Å². The maximum absolute atomic E-state index is 12.4. The fourth-order valence-electron chi connectivity index (χ4n) is 3.23. The van der Waals surface area contributed by atoms with Crippen LogP contribution in [0.25, 0.3) is 17.1 Å². The third kappa shape index (κ3) is 3.49. The first kappa shape index (κ1) is 18.6. The SMILES string of the molecule is COc1ccc(-c2nnc(SC3CCN(C)C3=O)n2-c2ccc(C)cc2)cc1. The number of hydrogen-bond donors (Lipinski definition) is 0. The second-order valence-electron chi connectivity index (χ2n) is 6.86. The number of likely N-dealkylation sites (tertiary alicyclic amines) is 1. The molecule has 0 N–H and O–H groups in total. The molecule has 7 heteroatoms. The lowest BCUT2D eigenvalue weighted by Crippen LogP contribution is -2.24. The van der Waals surface area contributed by atoms with Gasteiger partial charge in [0.1, 0.15) is 5.75 Å². The summed E-state index contributed by atoms with van der Waals surface area (Å²) in [6, 6.07) is 16.0. The zero-order chi connectivity index (χ0) is 19.7. The molecule has 1 atom stereocenters. The highest BCUT2D eigenvalue weighted by molar-refractivity contribution is 8.00. The Morgan fingerprint density at radius 2 is 1.79 bits per heavy atom. The Labute approximate surface area is 168 Å². The standard InChI is InChI=1S/C21H22N4O2S/c1-14-4-8-16(9-5-14)25-19(15-6-10-17(27-3)11-7-15)22-23-21(25)28-18-12-13-24(2)20(18)26/h4-11,18H,12-13H2,1-3H3. The molecule has 2 aromatic carbocycles. The van der Waals surface area contributed by atoms with Gasteiger partial charge in [0.25, 0.3) is 0 Å². The quantitative estimate of drug-likeness (QED) is 0.662. The van der Waals surface area contributed by atoms with E-state index >= 15 is 0 Å². The van der Waals surface area contributed by atoms with Gasteiger partial charge in [0.05, 0.1) is 12.4 Å². The molecule has 6 nitrogen and oxygen atoms in total.